The van der Waals surface area contributed by atoms with Crippen LogP contribution < -0.4 is 0 Å². The van der Waals surface area contributed by atoms with E-state index in [0.29, 0.717) is 18.8 Å². The number of aliphatic imine (C=N–C) groups is 2. The Kier molecular flexibility index (Phi) is 4.63. The predicted octanol–water partition coefficient (Wildman–Crippen LogP) is 4.32. The fourth-order valence-electron chi connectivity index (χ4n) is 2.77. The maximum absolute atomic E-state index is 12.4. The molecule has 0 spiro atoms. The van der Waals surface area contributed by atoms with Crippen molar-refractivity contribution in [2.45, 2.75) is 13.0 Å². The van der Waals surface area contributed by atoms with Gasteiger partial charge in [0.25, 0.3) is 5.91 Å². The van der Waals surface area contributed by atoms with Gasteiger partial charge in [-0.2, -0.15) is 4.99 Å². The highest BCUT2D eigenvalue weighted by molar-refractivity contribution is 14.1. The van der Waals surface area contributed by atoms with Crippen molar-refractivity contribution in [3.63, 3.8) is 0 Å². The number of carbonyl (C=O) groups excluding carboxylic acids is 1. The van der Waals surface area contributed by atoms with Crippen LogP contribution in [0, 0.1) is 0 Å². The van der Waals surface area contributed by atoms with Crippen molar-refractivity contribution in [2.24, 2.45) is 9.98 Å². The van der Waals surface area contributed by atoms with Gasteiger partial charge in [0.15, 0.2) is 5.84 Å². The molecule has 0 radical (unpaired) electrons. The molecule has 124 valence electrons. The molecule has 0 unspecified atom stereocenters. The van der Waals surface area contributed by atoms with Crippen LogP contribution in [0.3, 0.4) is 0 Å². The molecule has 0 bridgehead atoms. The van der Waals surface area contributed by atoms with E-state index in [-0.39, 0.29) is 5.91 Å². The molecule has 3 heterocycles. The molecule has 0 saturated carbocycles. The summed E-state index contributed by atoms with van der Waals surface area (Å²) in [5.74, 6) is 1.12. The van der Waals surface area contributed by atoms with Gasteiger partial charge in [-0.15, -0.1) is 11.3 Å². The lowest BCUT2D eigenvalue weighted by atomic mass is 10.1. The number of amides is 1. The van der Waals surface area contributed by atoms with Gasteiger partial charge < -0.3 is 4.90 Å². The molecule has 2 aliphatic rings. The third kappa shape index (κ3) is 3.64. The van der Waals surface area contributed by atoms with E-state index in [4.69, 9.17) is 0 Å². The second-order valence-corrected chi connectivity index (χ2v) is 7.97. The highest BCUT2D eigenvalue weighted by Gasteiger charge is 2.21. The zero-order valence-electron chi connectivity index (χ0n) is 13.2. The van der Waals surface area contributed by atoms with Crippen molar-refractivity contribution in [1.82, 2.24) is 4.90 Å². The number of nitrogens with zero attached hydrogens (tertiary/aromatic N) is 3. The molecule has 0 aliphatic carbocycles. The molecule has 2 aliphatic heterocycles. The van der Waals surface area contributed by atoms with Crippen molar-refractivity contribution in [3.8, 4) is 0 Å². The van der Waals surface area contributed by atoms with Crippen LogP contribution in [0.4, 0.5) is 0 Å². The average molecular weight is 459 g/mol. The maximum atomic E-state index is 12.4. The van der Waals surface area contributed by atoms with E-state index in [9.17, 15) is 4.79 Å². The number of thiophene rings is 1. The summed E-state index contributed by atoms with van der Waals surface area (Å²) in [5, 5.41) is 1.97. The minimum atomic E-state index is -0.171. The Bertz CT molecular complexity index is 941. The molecular formula is C19H14IN3OS. The van der Waals surface area contributed by atoms with Gasteiger partial charge in [0.1, 0.15) is 5.84 Å². The van der Waals surface area contributed by atoms with E-state index >= 15 is 0 Å². The third-order valence-corrected chi connectivity index (χ3v) is 5.44. The van der Waals surface area contributed by atoms with E-state index in [1.54, 1.807) is 11.3 Å². The van der Waals surface area contributed by atoms with Crippen LogP contribution in [0.1, 0.15) is 16.0 Å². The molecule has 1 aromatic carbocycles. The van der Waals surface area contributed by atoms with Crippen LogP contribution in [0.5, 0.6) is 0 Å². The van der Waals surface area contributed by atoms with Crippen LogP contribution in [-0.4, -0.2) is 22.5 Å². The van der Waals surface area contributed by atoms with Crippen LogP contribution in [0.25, 0.3) is 0 Å². The van der Waals surface area contributed by atoms with E-state index in [1.807, 2.05) is 47.9 Å². The van der Waals surface area contributed by atoms with E-state index in [1.165, 1.54) is 0 Å². The van der Waals surface area contributed by atoms with Gasteiger partial charge >= 0.3 is 0 Å². The second-order valence-electron chi connectivity index (χ2n) is 5.69. The first-order valence-corrected chi connectivity index (χ1v) is 9.78. The smallest absolute Gasteiger partial charge is 0.252 e. The Hall–Kier alpha value is -2.06. The topological polar surface area (TPSA) is 45.0 Å². The standard InChI is InChI=1S/C19H14IN3OS/c20-14-7-8-17-21-19(22-18(24)10-15-5-3-9-25-15)16-6-2-1-4-13(16)11-23(17)12-14/h1-9,12H,10-11H2. The Morgan fingerprint density at radius 2 is 2.12 bits per heavy atom. The summed E-state index contributed by atoms with van der Waals surface area (Å²) < 4.78 is 1.14. The first-order chi connectivity index (χ1) is 12.2. The minimum Gasteiger partial charge on any atom is -0.327 e. The summed E-state index contributed by atoms with van der Waals surface area (Å²) in [5.41, 5.74) is 2.03. The third-order valence-electron chi connectivity index (χ3n) is 3.92. The molecule has 4 nitrogen and oxygen atoms in total. The van der Waals surface area contributed by atoms with Crippen molar-refractivity contribution in [2.75, 3.05) is 0 Å². The van der Waals surface area contributed by atoms with Crippen LogP contribution in [-0.2, 0) is 17.8 Å². The van der Waals surface area contributed by atoms with E-state index in [0.717, 1.165) is 25.4 Å². The first-order valence-electron chi connectivity index (χ1n) is 7.82. The summed E-state index contributed by atoms with van der Waals surface area (Å²) in [6.07, 6.45) is 6.35. The molecule has 1 amide bonds. The normalized spacial score (nSPS) is 17.5. The number of halogens is 1. The summed E-state index contributed by atoms with van der Waals surface area (Å²) in [7, 11) is 0. The minimum absolute atomic E-state index is 0.171. The number of hydrogen-bond donors (Lipinski definition) is 0. The highest BCUT2D eigenvalue weighted by atomic mass is 127. The van der Waals surface area contributed by atoms with E-state index < -0.39 is 0 Å². The number of fused-ring (bicyclic) bond motifs is 2. The molecule has 2 aromatic rings. The number of benzene rings is 1. The summed E-state index contributed by atoms with van der Waals surface area (Å²) in [6.45, 7) is 0.712. The summed E-state index contributed by atoms with van der Waals surface area (Å²) >= 11 is 3.86. The number of amidine groups is 2. The molecule has 1 aromatic heterocycles. The molecule has 6 heteroatoms. The molecular weight excluding hydrogens is 445 g/mol. The average Bonchev–Trinajstić information content (AvgIpc) is 3.04. The Balaban J connectivity index is 1.74. The Labute approximate surface area is 163 Å². The maximum Gasteiger partial charge on any atom is 0.252 e. The molecule has 0 N–H and O–H groups in total. The van der Waals surface area contributed by atoms with Crippen LogP contribution in [0.2, 0.25) is 0 Å². The zero-order chi connectivity index (χ0) is 17.2. The van der Waals surface area contributed by atoms with Crippen molar-refractivity contribution >= 4 is 51.5 Å². The lowest BCUT2D eigenvalue weighted by Crippen LogP contribution is -2.24. The van der Waals surface area contributed by atoms with Gasteiger partial charge in [-0.25, -0.2) is 4.99 Å². The predicted molar refractivity (Wildman–Crippen MR) is 110 cm³/mol. The van der Waals surface area contributed by atoms with Crippen molar-refractivity contribution in [1.29, 1.82) is 0 Å². The second kappa shape index (κ2) is 7.05. The van der Waals surface area contributed by atoms with Crippen LogP contribution in [0.15, 0.2) is 73.7 Å². The SMILES string of the molecule is O=C(Cc1cccs1)N=C1N=C2C=CC(I)=CN2Cc2ccccc21. The summed E-state index contributed by atoms with van der Waals surface area (Å²) in [4.78, 5) is 24.5. The fraction of sp³-hybridized carbons (Fsp3) is 0.105. The lowest BCUT2D eigenvalue weighted by Gasteiger charge is -2.21. The van der Waals surface area contributed by atoms with E-state index in [2.05, 4.69) is 49.7 Å². The van der Waals surface area contributed by atoms with Crippen LogP contribution >= 0.6 is 33.9 Å². The first kappa shape index (κ1) is 16.4. The monoisotopic (exact) mass is 459 g/mol. The highest BCUT2D eigenvalue weighted by Crippen LogP contribution is 2.24. The molecule has 25 heavy (non-hydrogen) atoms. The van der Waals surface area contributed by atoms with Gasteiger partial charge in [-0.05, 0) is 51.8 Å². The molecule has 4 rings (SSSR count). The van der Waals surface area contributed by atoms with Gasteiger partial charge in [0, 0.05) is 26.8 Å². The molecule has 0 fully saturated rings. The van der Waals surface area contributed by atoms with Crippen molar-refractivity contribution < 1.29 is 4.79 Å². The number of hydrogen-bond acceptors (Lipinski definition) is 3. The number of allylic oxidation sites excluding steroid dienone is 2. The molecule has 0 saturated heterocycles. The zero-order valence-corrected chi connectivity index (χ0v) is 16.2. The van der Waals surface area contributed by atoms with Gasteiger partial charge in [0.05, 0.1) is 6.42 Å². The lowest BCUT2D eigenvalue weighted by molar-refractivity contribution is -0.117. The van der Waals surface area contributed by atoms with Gasteiger partial charge in [-0.1, -0.05) is 30.3 Å². The summed E-state index contributed by atoms with van der Waals surface area (Å²) in [6, 6.07) is 11.9. The largest absolute Gasteiger partial charge is 0.327 e. The number of carbonyl (C=O) groups is 1. The number of rotatable bonds is 2. The fourth-order valence-corrected chi connectivity index (χ4v) is 3.98. The van der Waals surface area contributed by atoms with Gasteiger partial charge in [0.2, 0.25) is 0 Å². The Morgan fingerprint density at radius 1 is 1.24 bits per heavy atom. The Morgan fingerprint density at radius 3 is 2.96 bits per heavy atom. The van der Waals surface area contributed by atoms with Gasteiger partial charge in [-0.3, -0.25) is 4.79 Å². The quantitative estimate of drug-likeness (QED) is 0.628. The van der Waals surface area contributed by atoms with Crippen molar-refractivity contribution in [3.05, 3.63) is 79.7 Å². The molecule has 0 atom stereocenters.